The van der Waals surface area contributed by atoms with E-state index in [9.17, 15) is 8.42 Å². The van der Waals surface area contributed by atoms with E-state index in [1.54, 1.807) is 12.1 Å². The smallest absolute Gasteiger partial charge is 0.182 e. The molecule has 1 atom stereocenters. The van der Waals surface area contributed by atoms with Crippen LogP contribution in [0.4, 0.5) is 0 Å². The molecule has 3 rings (SSSR count). The van der Waals surface area contributed by atoms with Gasteiger partial charge in [-0.1, -0.05) is 29.3 Å². The quantitative estimate of drug-likeness (QED) is 0.795. The molecule has 0 aliphatic carbocycles. The molecule has 0 bridgehead atoms. The molecule has 2 aliphatic rings. The highest BCUT2D eigenvalue weighted by molar-refractivity contribution is 7.92. The molecular formula is C15H20Cl2N2O3S. The predicted molar refractivity (Wildman–Crippen MR) is 91.1 cm³/mol. The van der Waals surface area contributed by atoms with E-state index in [0.717, 1.165) is 51.4 Å². The first-order valence-corrected chi connectivity index (χ1v) is 10.1. The van der Waals surface area contributed by atoms with Gasteiger partial charge in [0.2, 0.25) is 0 Å². The molecule has 23 heavy (non-hydrogen) atoms. The van der Waals surface area contributed by atoms with E-state index in [1.807, 2.05) is 0 Å². The summed E-state index contributed by atoms with van der Waals surface area (Å²) in [5.41, 5.74) is 0.728. The second kappa shape index (κ2) is 7.25. The molecule has 1 fully saturated rings. The average molecular weight is 379 g/mol. The van der Waals surface area contributed by atoms with E-state index in [0.29, 0.717) is 0 Å². The lowest BCUT2D eigenvalue weighted by molar-refractivity contribution is 0.0374. The summed E-state index contributed by atoms with van der Waals surface area (Å²) in [6, 6.07) is 3.20. The summed E-state index contributed by atoms with van der Waals surface area (Å²) >= 11 is 12.0. The Labute approximate surface area is 146 Å². The maximum Gasteiger partial charge on any atom is 0.182 e. The topological polar surface area (TPSA) is 58.6 Å². The zero-order chi connectivity index (χ0) is 16.4. The maximum atomic E-state index is 12.3. The summed E-state index contributed by atoms with van der Waals surface area (Å²) in [7, 11) is -3.37. The highest BCUT2D eigenvalue weighted by Crippen LogP contribution is 2.41. The Balaban J connectivity index is 1.59. The molecule has 5 nitrogen and oxygen atoms in total. The van der Waals surface area contributed by atoms with Gasteiger partial charge in [-0.05, 0) is 31.1 Å². The third-order valence-electron chi connectivity index (χ3n) is 4.30. The van der Waals surface area contributed by atoms with Crippen LogP contribution in [0.2, 0.25) is 10.0 Å². The number of benzene rings is 1. The number of sulfone groups is 1. The minimum atomic E-state index is -3.37. The van der Waals surface area contributed by atoms with Crippen molar-refractivity contribution in [1.82, 2.24) is 10.2 Å². The molecule has 2 aliphatic heterocycles. The highest BCUT2D eigenvalue weighted by atomic mass is 35.5. The lowest BCUT2D eigenvalue weighted by Crippen LogP contribution is -2.38. The molecule has 1 aromatic carbocycles. The van der Waals surface area contributed by atoms with E-state index in [2.05, 4.69) is 10.2 Å². The lowest BCUT2D eigenvalue weighted by Gasteiger charge is -2.26. The van der Waals surface area contributed by atoms with Crippen LogP contribution < -0.4 is 5.32 Å². The van der Waals surface area contributed by atoms with E-state index < -0.39 is 9.84 Å². The van der Waals surface area contributed by atoms with Crippen molar-refractivity contribution in [2.75, 3.05) is 45.1 Å². The fourth-order valence-electron chi connectivity index (χ4n) is 3.10. The van der Waals surface area contributed by atoms with Gasteiger partial charge in [0.05, 0.1) is 33.9 Å². The number of rotatable bonds is 5. The van der Waals surface area contributed by atoms with Gasteiger partial charge >= 0.3 is 0 Å². The Hall–Kier alpha value is -0.370. The van der Waals surface area contributed by atoms with E-state index in [-0.39, 0.29) is 26.7 Å². The molecule has 2 heterocycles. The van der Waals surface area contributed by atoms with E-state index >= 15 is 0 Å². The first-order valence-electron chi connectivity index (χ1n) is 7.73. The van der Waals surface area contributed by atoms with Crippen molar-refractivity contribution >= 4 is 33.0 Å². The number of hydrogen-bond acceptors (Lipinski definition) is 5. The molecule has 0 spiro atoms. The van der Waals surface area contributed by atoms with Crippen molar-refractivity contribution in [3.63, 3.8) is 0 Å². The fraction of sp³-hybridized carbons (Fsp3) is 0.600. The Morgan fingerprint density at radius 1 is 1.26 bits per heavy atom. The Bertz CT molecular complexity index is 676. The second-order valence-electron chi connectivity index (χ2n) is 5.88. The Morgan fingerprint density at radius 2 is 2.00 bits per heavy atom. The summed E-state index contributed by atoms with van der Waals surface area (Å²) in [5.74, 6) is 0.0416. The predicted octanol–water partition coefficient (Wildman–Crippen LogP) is 2.13. The van der Waals surface area contributed by atoms with Crippen LogP contribution in [-0.2, 0) is 14.6 Å². The van der Waals surface area contributed by atoms with Gasteiger partial charge in [-0.3, -0.25) is 4.90 Å². The number of morpholine rings is 1. The van der Waals surface area contributed by atoms with Crippen LogP contribution in [0.1, 0.15) is 18.0 Å². The van der Waals surface area contributed by atoms with Crippen molar-refractivity contribution in [2.24, 2.45) is 0 Å². The number of halogens is 2. The van der Waals surface area contributed by atoms with Crippen molar-refractivity contribution in [2.45, 2.75) is 17.4 Å². The van der Waals surface area contributed by atoms with Gasteiger partial charge in [-0.25, -0.2) is 8.42 Å². The average Bonchev–Trinajstić information content (AvgIpc) is 2.79. The van der Waals surface area contributed by atoms with Crippen LogP contribution in [0.3, 0.4) is 0 Å². The molecule has 0 saturated carbocycles. The van der Waals surface area contributed by atoms with Crippen molar-refractivity contribution in [3.8, 4) is 0 Å². The zero-order valence-electron chi connectivity index (χ0n) is 12.7. The molecule has 1 unspecified atom stereocenters. The Morgan fingerprint density at radius 3 is 2.74 bits per heavy atom. The van der Waals surface area contributed by atoms with Crippen molar-refractivity contribution in [3.05, 3.63) is 27.7 Å². The van der Waals surface area contributed by atoms with Crippen molar-refractivity contribution in [1.29, 1.82) is 0 Å². The molecule has 0 aromatic heterocycles. The number of nitrogens with zero attached hydrogens (tertiary/aromatic N) is 1. The number of fused-ring (bicyclic) bond motifs is 1. The number of hydrogen-bond donors (Lipinski definition) is 1. The van der Waals surface area contributed by atoms with E-state index in [4.69, 9.17) is 27.9 Å². The molecule has 1 N–H and O–H groups in total. The highest BCUT2D eigenvalue weighted by Gasteiger charge is 2.37. The first-order chi connectivity index (χ1) is 11.0. The standard InChI is InChI=1S/C15H20Cl2N2O3S/c16-12-3-2-11-13(10-23(20,21)15(11)14(12)17)18-4-1-5-19-6-8-22-9-7-19/h2-3,13,18H,1,4-10H2. The number of ether oxygens (including phenoxy) is 1. The van der Waals surface area contributed by atoms with Gasteiger partial charge in [0, 0.05) is 19.1 Å². The largest absolute Gasteiger partial charge is 0.379 e. The van der Waals surface area contributed by atoms with Crippen LogP contribution in [0, 0.1) is 0 Å². The first kappa shape index (κ1) is 17.5. The van der Waals surface area contributed by atoms with Crippen LogP contribution >= 0.6 is 23.2 Å². The molecular weight excluding hydrogens is 359 g/mol. The molecule has 8 heteroatoms. The summed E-state index contributed by atoms with van der Waals surface area (Å²) in [6.45, 7) is 5.27. The van der Waals surface area contributed by atoms with Crippen molar-refractivity contribution < 1.29 is 13.2 Å². The van der Waals surface area contributed by atoms with E-state index in [1.165, 1.54) is 0 Å². The summed E-state index contributed by atoms with van der Waals surface area (Å²) in [6.07, 6.45) is 0.965. The normalized spacial score (nSPS) is 23.8. The van der Waals surface area contributed by atoms with Crippen LogP contribution in [0.5, 0.6) is 0 Å². The molecule has 128 valence electrons. The zero-order valence-corrected chi connectivity index (χ0v) is 15.1. The molecule has 1 aromatic rings. The molecule has 0 amide bonds. The third-order valence-corrected chi connectivity index (χ3v) is 7.05. The minimum absolute atomic E-state index is 0.0416. The second-order valence-corrected chi connectivity index (χ2v) is 8.63. The van der Waals surface area contributed by atoms with Gasteiger partial charge < -0.3 is 10.1 Å². The lowest BCUT2D eigenvalue weighted by atomic mass is 10.1. The SMILES string of the molecule is O=S1(=O)CC(NCCCN2CCOCC2)c2ccc(Cl)c(Cl)c21. The minimum Gasteiger partial charge on any atom is -0.379 e. The molecule has 0 radical (unpaired) electrons. The summed E-state index contributed by atoms with van der Waals surface area (Å²) in [4.78, 5) is 2.55. The summed E-state index contributed by atoms with van der Waals surface area (Å²) in [5, 5.41) is 3.76. The molecule has 1 saturated heterocycles. The number of nitrogens with one attached hydrogen (secondary N) is 1. The Kier molecular flexibility index (Phi) is 5.50. The summed E-state index contributed by atoms with van der Waals surface area (Å²) < 4.78 is 29.9. The van der Waals surface area contributed by atoms with Gasteiger partial charge in [0.15, 0.2) is 9.84 Å². The van der Waals surface area contributed by atoms with Crippen LogP contribution in [0.25, 0.3) is 0 Å². The van der Waals surface area contributed by atoms with Gasteiger partial charge in [-0.2, -0.15) is 0 Å². The van der Waals surface area contributed by atoms with Crippen LogP contribution in [-0.4, -0.2) is 58.5 Å². The van der Waals surface area contributed by atoms with Gasteiger partial charge in [0.25, 0.3) is 0 Å². The van der Waals surface area contributed by atoms with Gasteiger partial charge in [-0.15, -0.1) is 0 Å². The monoisotopic (exact) mass is 378 g/mol. The van der Waals surface area contributed by atoms with Crippen LogP contribution in [0.15, 0.2) is 17.0 Å². The van der Waals surface area contributed by atoms with Gasteiger partial charge in [0.1, 0.15) is 0 Å². The fourth-order valence-corrected chi connectivity index (χ4v) is 5.70. The third kappa shape index (κ3) is 3.83. The maximum absolute atomic E-state index is 12.3.